The summed E-state index contributed by atoms with van der Waals surface area (Å²) in [5.74, 6) is -0.413. The number of amides is 1. The lowest BCUT2D eigenvalue weighted by molar-refractivity contribution is -0.142. The molecule has 1 aliphatic carbocycles. The molecule has 3 rings (SSSR count). The van der Waals surface area contributed by atoms with Gasteiger partial charge in [0.1, 0.15) is 6.04 Å². The topological polar surface area (TPSA) is 57.6 Å². The molecule has 0 radical (unpaired) electrons. The van der Waals surface area contributed by atoms with Crippen molar-refractivity contribution in [2.75, 3.05) is 6.54 Å². The third-order valence-electron chi connectivity index (χ3n) is 4.63. The van der Waals surface area contributed by atoms with Gasteiger partial charge in [-0.25, -0.2) is 4.79 Å². The first-order valence-corrected chi connectivity index (χ1v) is 8.06. The Morgan fingerprint density at radius 1 is 1.40 bits per heavy atom. The molecule has 1 aliphatic heterocycles. The SMILES string of the molecule is CCc1ccc(C(=O)N2CC3CCCC3C2C(=O)O)s1. The number of carboxylic acid groups (broad SMARTS) is 1. The van der Waals surface area contributed by atoms with Crippen LogP contribution in [0.5, 0.6) is 0 Å². The third kappa shape index (κ3) is 2.14. The normalized spacial score (nSPS) is 28.6. The molecule has 108 valence electrons. The standard InChI is InChI=1S/C15H19NO3S/c1-2-10-6-7-12(20-10)14(17)16-8-9-4-3-5-11(9)13(16)15(18)19/h6-7,9,11,13H,2-5,8H2,1H3,(H,18,19). The van der Waals surface area contributed by atoms with Crippen LogP contribution >= 0.6 is 11.3 Å². The number of fused-ring (bicyclic) bond motifs is 1. The molecule has 20 heavy (non-hydrogen) atoms. The van der Waals surface area contributed by atoms with Crippen molar-refractivity contribution in [2.24, 2.45) is 11.8 Å². The first-order valence-electron chi connectivity index (χ1n) is 7.24. The number of hydrogen-bond donors (Lipinski definition) is 1. The van der Waals surface area contributed by atoms with Crippen LogP contribution in [0.4, 0.5) is 0 Å². The number of carbonyl (C=O) groups excluding carboxylic acids is 1. The maximum absolute atomic E-state index is 12.6. The van der Waals surface area contributed by atoms with Crippen LogP contribution in [0.15, 0.2) is 12.1 Å². The number of nitrogens with zero attached hydrogens (tertiary/aromatic N) is 1. The Kier molecular flexibility index (Phi) is 3.54. The predicted molar refractivity (Wildman–Crippen MR) is 77.0 cm³/mol. The van der Waals surface area contributed by atoms with Crippen molar-refractivity contribution < 1.29 is 14.7 Å². The average molecular weight is 293 g/mol. The van der Waals surface area contributed by atoms with Crippen molar-refractivity contribution >= 4 is 23.2 Å². The lowest BCUT2D eigenvalue weighted by Gasteiger charge is -2.23. The monoisotopic (exact) mass is 293 g/mol. The van der Waals surface area contributed by atoms with Gasteiger partial charge in [0.25, 0.3) is 5.91 Å². The van der Waals surface area contributed by atoms with E-state index in [1.807, 2.05) is 12.1 Å². The van der Waals surface area contributed by atoms with E-state index in [4.69, 9.17) is 0 Å². The van der Waals surface area contributed by atoms with E-state index >= 15 is 0 Å². The van der Waals surface area contributed by atoms with E-state index in [2.05, 4.69) is 6.92 Å². The molecule has 2 aliphatic rings. The minimum atomic E-state index is -0.847. The first-order chi connectivity index (χ1) is 9.61. The summed E-state index contributed by atoms with van der Waals surface area (Å²) < 4.78 is 0. The number of rotatable bonds is 3. The van der Waals surface area contributed by atoms with Crippen molar-refractivity contribution in [3.63, 3.8) is 0 Å². The number of hydrogen-bond acceptors (Lipinski definition) is 3. The number of carbonyl (C=O) groups is 2. The zero-order chi connectivity index (χ0) is 14.3. The Labute approximate surface area is 122 Å². The molecule has 0 spiro atoms. The number of aliphatic carboxylic acids is 1. The molecule has 4 nitrogen and oxygen atoms in total. The molecule has 1 N–H and O–H groups in total. The fourth-order valence-electron chi connectivity index (χ4n) is 3.66. The molecular formula is C15H19NO3S. The van der Waals surface area contributed by atoms with Crippen LogP contribution in [0.1, 0.15) is 40.7 Å². The Balaban J connectivity index is 1.85. The van der Waals surface area contributed by atoms with E-state index in [1.165, 1.54) is 16.2 Å². The zero-order valence-electron chi connectivity index (χ0n) is 11.5. The molecule has 1 saturated carbocycles. The Hall–Kier alpha value is -1.36. The highest BCUT2D eigenvalue weighted by atomic mass is 32.1. The van der Waals surface area contributed by atoms with Gasteiger partial charge in [0.2, 0.25) is 0 Å². The Morgan fingerprint density at radius 2 is 2.20 bits per heavy atom. The van der Waals surface area contributed by atoms with Gasteiger partial charge in [-0.2, -0.15) is 0 Å². The van der Waals surface area contributed by atoms with E-state index < -0.39 is 12.0 Å². The van der Waals surface area contributed by atoms with Gasteiger partial charge in [-0.05, 0) is 43.2 Å². The zero-order valence-corrected chi connectivity index (χ0v) is 12.4. The third-order valence-corrected chi connectivity index (χ3v) is 5.84. The van der Waals surface area contributed by atoms with Gasteiger partial charge in [-0.15, -0.1) is 11.3 Å². The number of thiophene rings is 1. The quantitative estimate of drug-likeness (QED) is 0.932. The predicted octanol–water partition coefficient (Wildman–Crippen LogP) is 2.64. The second-order valence-electron chi connectivity index (χ2n) is 5.71. The van der Waals surface area contributed by atoms with E-state index in [-0.39, 0.29) is 11.8 Å². The largest absolute Gasteiger partial charge is 0.480 e. The van der Waals surface area contributed by atoms with E-state index in [0.717, 1.165) is 25.7 Å². The van der Waals surface area contributed by atoms with Crippen LogP contribution in [0.25, 0.3) is 0 Å². The van der Waals surface area contributed by atoms with Gasteiger partial charge < -0.3 is 10.0 Å². The fourth-order valence-corrected chi connectivity index (χ4v) is 4.56. The van der Waals surface area contributed by atoms with Crippen molar-refractivity contribution in [3.05, 3.63) is 21.9 Å². The van der Waals surface area contributed by atoms with Gasteiger partial charge in [-0.3, -0.25) is 4.79 Å². The van der Waals surface area contributed by atoms with Crippen molar-refractivity contribution in [1.29, 1.82) is 0 Å². The lowest BCUT2D eigenvalue weighted by atomic mass is 9.94. The Morgan fingerprint density at radius 3 is 2.85 bits per heavy atom. The molecule has 3 unspecified atom stereocenters. The van der Waals surface area contributed by atoms with Gasteiger partial charge in [0.05, 0.1) is 4.88 Å². The van der Waals surface area contributed by atoms with Gasteiger partial charge in [0, 0.05) is 11.4 Å². The summed E-state index contributed by atoms with van der Waals surface area (Å²) >= 11 is 1.49. The maximum Gasteiger partial charge on any atom is 0.326 e. The second kappa shape index (κ2) is 5.20. The molecule has 3 atom stereocenters. The minimum Gasteiger partial charge on any atom is -0.480 e. The fraction of sp³-hybridized carbons (Fsp3) is 0.600. The summed E-state index contributed by atoms with van der Waals surface area (Å²) in [6.07, 6.45) is 4.00. The molecule has 1 amide bonds. The van der Waals surface area contributed by atoms with Crippen LogP contribution in [0, 0.1) is 11.8 Å². The van der Waals surface area contributed by atoms with Crippen LogP contribution < -0.4 is 0 Å². The summed E-state index contributed by atoms with van der Waals surface area (Å²) in [5.41, 5.74) is 0. The molecule has 1 saturated heterocycles. The summed E-state index contributed by atoms with van der Waals surface area (Å²) in [6, 6.07) is 3.17. The molecule has 2 fully saturated rings. The highest BCUT2D eigenvalue weighted by Crippen LogP contribution is 2.43. The molecule has 5 heteroatoms. The number of carboxylic acids is 1. The van der Waals surface area contributed by atoms with Crippen LogP contribution in [0.2, 0.25) is 0 Å². The van der Waals surface area contributed by atoms with Gasteiger partial charge >= 0.3 is 5.97 Å². The van der Waals surface area contributed by atoms with E-state index in [1.54, 1.807) is 4.90 Å². The maximum atomic E-state index is 12.6. The second-order valence-corrected chi connectivity index (χ2v) is 6.88. The molecule has 2 heterocycles. The molecular weight excluding hydrogens is 274 g/mol. The van der Waals surface area contributed by atoms with Crippen LogP contribution in [-0.4, -0.2) is 34.5 Å². The molecule has 0 bridgehead atoms. The number of aryl methyl sites for hydroxylation is 1. The summed E-state index contributed by atoms with van der Waals surface area (Å²) in [5, 5.41) is 9.49. The summed E-state index contributed by atoms with van der Waals surface area (Å²) in [6.45, 7) is 2.67. The van der Waals surface area contributed by atoms with Crippen LogP contribution in [-0.2, 0) is 11.2 Å². The highest BCUT2D eigenvalue weighted by molar-refractivity contribution is 7.14. The minimum absolute atomic E-state index is 0.100. The lowest BCUT2D eigenvalue weighted by Crippen LogP contribution is -2.43. The molecule has 1 aromatic heterocycles. The molecule has 1 aromatic rings. The van der Waals surface area contributed by atoms with E-state index in [9.17, 15) is 14.7 Å². The highest BCUT2D eigenvalue weighted by Gasteiger charge is 2.49. The summed E-state index contributed by atoms with van der Waals surface area (Å²) in [4.78, 5) is 27.6. The van der Waals surface area contributed by atoms with Crippen molar-refractivity contribution in [1.82, 2.24) is 4.90 Å². The van der Waals surface area contributed by atoms with Crippen LogP contribution in [0.3, 0.4) is 0 Å². The number of likely N-dealkylation sites (tertiary alicyclic amines) is 1. The van der Waals surface area contributed by atoms with Gasteiger partial charge in [0.15, 0.2) is 0 Å². The van der Waals surface area contributed by atoms with Crippen molar-refractivity contribution in [2.45, 2.75) is 38.6 Å². The van der Waals surface area contributed by atoms with E-state index in [0.29, 0.717) is 17.3 Å². The van der Waals surface area contributed by atoms with Crippen molar-refractivity contribution in [3.8, 4) is 0 Å². The average Bonchev–Trinajstić information content (AvgIpc) is 3.11. The summed E-state index contributed by atoms with van der Waals surface area (Å²) in [7, 11) is 0. The first kappa shape index (κ1) is 13.6. The molecule has 0 aromatic carbocycles. The smallest absolute Gasteiger partial charge is 0.326 e. The Bertz CT molecular complexity index is 539. The van der Waals surface area contributed by atoms with Gasteiger partial charge in [-0.1, -0.05) is 13.3 Å².